The molecule has 0 fully saturated rings. The van der Waals surface area contributed by atoms with Gasteiger partial charge in [-0.25, -0.2) is 10.2 Å². The highest BCUT2D eigenvalue weighted by atomic mass is 32.2. The number of nitrogens with zero attached hydrogens (tertiary/aromatic N) is 4. The van der Waals surface area contributed by atoms with E-state index in [-0.39, 0.29) is 11.7 Å². The number of carbonyl (C=O) groups is 2. The third kappa shape index (κ3) is 6.01. The Labute approximate surface area is 207 Å². The molecule has 4 aromatic rings. The number of esters is 1. The molecule has 0 aliphatic heterocycles. The summed E-state index contributed by atoms with van der Waals surface area (Å²) in [7, 11) is 1.33. The third-order valence-electron chi connectivity index (χ3n) is 5.02. The number of benzene rings is 3. The molecule has 0 aliphatic rings. The minimum Gasteiger partial charge on any atom is -0.465 e. The minimum atomic E-state index is -0.410. The Kier molecular flexibility index (Phi) is 7.69. The second-order valence-corrected chi connectivity index (χ2v) is 8.48. The van der Waals surface area contributed by atoms with Crippen LogP contribution < -0.4 is 5.43 Å². The molecule has 0 spiro atoms. The van der Waals surface area contributed by atoms with Crippen molar-refractivity contribution in [2.75, 3.05) is 12.9 Å². The quantitative estimate of drug-likeness (QED) is 0.173. The fourth-order valence-corrected chi connectivity index (χ4v) is 3.97. The first-order chi connectivity index (χ1) is 17.0. The van der Waals surface area contributed by atoms with E-state index in [0.29, 0.717) is 16.5 Å². The van der Waals surface area contributed by atoms with E-state index in [1.165, 1.54) is 25.1 Å². The number of hydrazone groups is 1. The molecular formula is C26H23N5O3S. The zero-order valence-electron chi connectivity index (χ0n) is 19.2. The molecule has 0 atom stereocenters. The van der Waals surface area contributed by atoms with Crippen molar-refractivity contribution in [1.29, 1.82) is 0 Å². The molecule has 1 N–H and O–H groups in total. The van der Waals surface area contributed by atoms with Crippen LogP contribution in [0.5, 0.6) is 0 Å². The van der Waals surface area contributed by atoms with E-state index in [4.69, 9.17) is 0 Å². The molecule has 0 saturated heterocycles. The Morgan fingerprint density at radius 3 is 2.40 bits per heavy atom. The van der Waals surface area contributed by atoms with E-state index >= 15 is 0 Å². The fraction of sp³-hybridized carbons (Fsp3) is 0.115. The molecule has 9 heteroatoms. The zero-order chi connectivity index (χ0) is 24.6. The molecule has 0 radical (unpaired) electrons. The number of aryl methyl sites for hydroxylation is 1. The predicted molar refractivity (Wildman–Crippen MR) is 136 cm³/mol. The van der Waals surface area contributed by atoms with Gasteiger partial charge in [0.25, 0.3) is 5.91 Å². The summed E-state index contributed by atoms with van der Waals surface area (Å²) >= 11 is 1.27. The summed E-state index contributed by atoms with van der Waals surface area (Å²) in [6.45, 7) is 2.03. The largest absolute Gasteiger partial charge is 0.465 e. The number of ether oxygens (including phenoxy) is 1. The van der Waals surface area contributed by atoms with Crippen LogP contribution in [0.3, 0.4) is 0 Å². The molecule has 176 valence electrons. The van der Waals surface area contributed by atoms with Crippen molar-refractivity contribution < 1.29 is 14.3 Å². The molecule has 0 unspecified atom stereocenters. The first kappa shape index (κ1) is 23.9. The second-order valence-electron chi connectivity index (χ2n) is 7.54. The van der Waals surface area contributed by atoms with E-state index in [2.05, 4.69) is 25.5 Å². The Balaban J connectivity index is 1.43. The number of thioether (sulfide) groups is 1. The number of carbonyl (C=O) groups excluding carboxylic acids is 2. The van der Waals surface area contributed by atoms with Gasteiger partial charge < -0.3 is 4.74 Å². The average molecular weight is 486 g/mol. The van der Waals surface area contributed by atoms with Crippen LogP contribution in [0.2, 0.25) is 0 Å². The maximum atomic E-state index is 12.4. The van der Waals surface area contributed by atoms with Gasteiger partial charge in [0.2, 0.25) is 0 Å². The summed E-state index contributed by atoms with van der Waals surface area (Å²) < 4.78 is 6.62. The van der Waals surface area contributed by atoms with E-state index in [9.17, 15) is 9.59 Å². The van der Waals surface area contributed by atoms with Crippen LogP contribution in [0.25, 0.3) is 17.1 Å². The molecule has 35 heavy (non-hydrogen) atoms. The lowest BCUT2D eigenvalue weighted by molar-refractivity contribution is -0.118. The standard InChI is InChI=1S/C26H23N5O3S/c1-18-8-12-20(13-9-18)24-29-30-26(31(24)22-6-4-3-5-7-22)35-17-23(32)28-27-16-19-10-14-21(15-11-19)25(33)34-2/h3-16H,17H2,1-2H3,(H,28,32). The van der Waals surface area contributed by atoms with Gasteiger partial charge in [-0.3, -0.25) is 9.36 Å². The van der Waals surface area contributed by atoms with Gasteiger partial charge in [-0.1, -0.05) is 71.9 Å². The summed E-state index contributed by atoms with van der Waals surface area (Å²) in [6, 6.07) is 24.5. The highest BCUT2D eigenvalue weighted by Gasteiger charge is 2.17. The first-order valence-corrected chi connectivity index (χ1v) is 11.7. The minimum absolute atomic E-state index is 0.109. The van der Waals surface area contributed by atoms with Crippen LogP contribution in [0, 0.1) is 6.92 Å². The van der Waals surface area contributed by atoms with Crippen LogP contribution in [0.1, 0.15) is 21.5 Å². The molecule has 8 nitrogen and oxygen atoms in total. The summed E-state index contributed by atoms with van der Waals surface area (Å²) in [5, 5.41) is 13.3. The monoisotopic (exact) mass is 485 g/mol. The Hall–Kier alpha value is -4.24. The number of amides is 1. The summed E-state index contributed by atoms with van der Waals surface area (Å²) in [5.41, 5.74) is 6.69. The van der Waals surface area contributed by atoms with Crippen LogP contribution in [-0.4, -0.2) is 45.7 Å². The van der Waals surface area contributed by atoms with Crippen LogP contribution in [0.4, 0.5) is 0 Å². The highest BCUT2D eigenvalue weighted by Crippen LogP contribution is 2.28. The van der Waals surface area contributed by atoms with E-state index in [1.54, 1.807) is 24.3 Å². The number of hydrogen-bond donors (Lipinski definition) is 1. The summed E-state index contributed by atoms with van der Waals surface area (Å²) in [5.74, 6) is 0.120. The molecule has 3 aromatic carbocycles. The third-order valence-corrected chi connectivity index (χ3v) is 5.95. The Bertz CT molecular complexity index is 1330. The number of nitrogens with one attached hydrogen (secondary N) is 1. The lowest BCUT2D eigenvalue weighted by Crippen LogP contribution is -2.20. The van der Waals surface area contributed by atoms with Crippen molar-refractivity contribution in [3.05, 3.63) is 95.6 Å². The van der Waals surface area contributed by atoms with Crippen molar-refractivity contribution >= 4 is 29.9 Å². The van der Waals surface area contributed by atoms with Crippen molar-refractivity contribution in [2.45, 2.75) is 12.1 Å². The maximum absolute atomic E-state index is 12.4. The SMILES string of the molecule is COC(=O)c1ccc(C=NNC(=O)CSc2nnc(-c3ccc(C)cc3)n2-c2ccccc2)cc1. The summed E-state index contributed by atoms with van der Waals surface area (Å²) in [4.78, 5) is 23.9. The number of rotatable bonds is 8. The van der Waals surface area contributed by atoms with Crippen molar-refractivity contribution in [1.82, 2.24) is 20.2 Å². The number of hydrogen-bond acceptors (Lipinski definition) is 7. The molecule has 4 rings (SSSR count). The number of para-hydroxylation sites is 1. The number of aromatic nitrogens is 3. The molecule has 1 aromatic heterocycles. The number of methoxy groups -OCH3 is 1. The van der Waals surface area contributed by atoms with E-state index in [0.717, 1.165) is 22.4 Å². The topological polar surface area (TPSA) is 98.5 Å². The average Bonchev–Trinajstić information content (AvgIpc) is 3.32. The fourth-order valence-electron chi connectivity index (χ4n) is 3.23. The highest BCUT2D eigenvalue weighted by molar-refractivity contribution is 7.99. The lowest BCUT2D eigenvalue weighted by atomic mass is 10.1. The van der Waals surface area contributed by atoms with Gasteiger partial charge >= 0.3 is 5.97 Å². The Morgan fingerprint density at radius 1 is 1.00 bits per heavy atom. The van der Waals surface area contributed by atoms with Crippen molar-refractivity contribution in [3.8, 4) is 17.1 Å². The van der Waals surface area contributed by atoms with Gasteiger partial charge in [0, 0.05) is 11.3 Å². The van der Waals surface area contributed by atoms with Crippen molar-refractivity contribution in [3.63, 3.8) is 0 Å². The van der Waals surface area contributed by atoms with Gasteiger partial charge in [0.15, 0.2) is 11.0 Å². The molecule has 0 aliphatic carbocycles. The van der Waals surface area contributed by atoms with Gasteiger partial charge in [0.05, 0.1) is 24.6 Å². The molecule has 0 saturated carbocycles. The predicted octanol–water partition coefficient (Wildman–Crippen LogP) is 4.27. The zero-order valence-corrected chi connectivity index (χ0v) is 20.0. The van der Waals surface area contributed by atoms with E-state index < -0.39 is 5.97 Å². The first-order valence-electron chi connectivity index (χ1n) is 10.8. The van der Waals surface area contributed by atoms with Crippen molar-refractivity contribution in [2.24, 2.45) is 5.10 Å². The van der Waals surface area contributed by atoms with Crippen LogP contribution in [-0.2, 0) is 9.53 Å². The normalized spacial score (nSPS) is 10.9. The molecular weight excluding hydrogens is 462 g/mol. The molecule has 1 amide bonds. The van der Waals surface area contributed by atoms with Gasteiger partial charge in [-0.2, -0.15) is 5.10 Å². The van der Waals surface area contributed by atoms with Gasteiger partial charge in [0.1, 0.15) is 0 Å². The molecule has 0 bridgehead atoms. The summed E-state index contributed by atoms with van der Waals surface area (Å²) in [6.07, 6.45) is 1.51. The smallest absolute Gasteiger partial charge is 0.337 e. The van der Waals surface area contributed by atoms with Gasteiger partial charge in [-0.05, 0) is 36.8 Å². The van der Waals surface area contributed by atoms with E-state index in [1.807, 2.05) is 66.1 Å². The van der Waals surface area contributed by atoms with Gasteiger partial charge in [-0.15, -0.1) is 10.2 Å². The van der Waals surface area contributed by atoms with Crippen LogP contribution >= 0.6 is 11.8 Å². The lowest BCUT2D eigenvalue weighted by Gasteiger charge is -2.10. The Morgan fingerprint density at radius 2 is 1.71 bits per heavy atom. The maximum Gasteiger partial charge on any atom is 0.337 e. The molecule has 1 heterocycles. The van der Waals surface area contributed by atoms with Crippen LogP contribution in [0.15, 0.2) is 89.1 Å². The second kappa shape index (κ2) is 11.3.